The third-order valence-electron chi connectivity index (χ3n) is 4.98. The lowest BCUT2D eigenvalue weighted by Crippen LogP contribution is -2.38. The van der Waals surface area contributed by atoms with Crippen molar-refractivity contribution < 1.29 is 14.1 Å². The van der Waals surface area contributed by atoms with Crippen LogP contribution in [0.25, 0.3) is 10.7 Å². The molecule has 1 aliphatic heterocycles. The van der Waals surface area contributed by atoms with E-state index in [2.05, 4.69) is 20.4 Å². The zero-order valence-electron chi connectivity index (χ0n) is 15.7. The molecule has 0 saturated carbocycles. The fraction of sp³-hybridized carbons (Fsp3) is 0.300. The molecule has 3 aromatic rings. The van der Waals surface area contributed by atoms with Crippen LogP contribution < -0.4 is 11.1 Å². The average Bonchev–Trinajstić information content (AvgIpc) is 3.40. The number of nitrogens with two attached hydrogens (primary N) is 1. The van der Waals surface area contributed by atoms with Crippen molar-refractivity contribution in [2.75, 3.05) is 18.4 Å². The molecule has 0 unspecified atom stereocenters. The Morgan fingerprint density at radius 1 is 1.21 bits per heavy atom. The molecule has 29 heavy (non-hydrogen) atoms. The Morgan fingerprint density at radius 3 is 2.72 bits per heavy atom. The molecule has 1 aliphatic rings. The Hall–Kier alpha value is -3.04. The zero-order chi connectivity index (χ0) is 20.2. The van der Waals surface area contributed by atoms with Gasteiger partial charge in [-0.15, -0.1) is 11.3 Å². The van der Waals surface area contributed by atoms with Crippen molar-refractivity contribution in [3.05, 3.63) is 53.2 Å². The minimum absolute atomic E-state index is 0.0869. The van der Waals surface area contributed by atoms with Gasteiger partial charge in [0.05, 0.1) is 22.7 Å². The Balaban J connectivity index is 1.30. The summed E-state index contributed by atoms with van der Waals surface area (Å²) in [5.41, 5.74) is 6.15. The number of carbonyl (C=O) groups is 2. The van der Waals surface area contributed by atoms with E-state index in [0.717, 1.165) is 30.8 Å². The van der Waals surface area contributed by atoms with Crippen LogP contribution in [0, 0.1) is 5.92 Å². The van der Waals surface area contributed by atoms with Gasteiger partial charge in [-0.1, -0.05) is 23.4 Å². The molecule has 0 radical (unpaired) electrons. The van der Waals surface area contributed by atoms with E-state index >= 15 is 0 Å². The quantitative estimate of drug-likeness (QED) is 0.645. The second-order valence-corrected chi connectivity index (χ2v) is 7.89. The van der Waals surface area contributed by atoms with Gasteiger partial charge in [0.2, 0.25) is 17.6 Å². The highest BCUT2D eigenvalue weighted by Crippen LogP contribution is 2.24. The maximum absolute atomic E-state index is 12.6. The maximum Gasteiger partial charge on any atom is 0.250 e. The van der Waals surface area contributed by atoms with Crippen molar-refractivity contribution in [3.8, 4) is 10.7 Å². The molecule has 0 spiro atoms. The summed E-state index contributed by atoms with van der Waals surface area (Å²) >= 11 is 1.57. The molecule has 3 N–H and O–H groups in total. The number of thiophene rings is 1. The smallest absolute Gasteiger partial charge is 0.250 e. The minimum Gasteiger partial charge on any atom is -0.366 e. The number of primary amides is 1. The van der Waals surface area contributed by atoms with Crippen LogP contribution in [0.15, 0.2) is 46.3 Å². The monoisotopic (exact) mass is 411 g/mol. The van der Waals surface area contributed by atoms with Crippen LogP contribution in [0.2, 0.25) is 0 Å². The number of hydrogen-bond acceptors (Lipinski definition) is 7. The summed E-state index contributed by atoms with van der Waals surface area (Å²) in [7, 11) is 0. The Labute approximate surface area is 171 Å². The lowest BCUT2D eigenvalue weighted by molar-refractivity contribution is -0.121. The Morgan fingerprint density at radius 2 is 2.00 bits per heavy atom. The predicted molar refractivity (Wildman–Crippen MR) is 109 cm³/mol. The molecule has 2 aromatic heterocycles. The molecule has 1 fully saturated rings. The van der Waals surface area contributed by atoms with Gasteiger partial charge in [0.25, 0.3) is 5.91 Å². The molecule has 2 amide bonds. The number of nitrogens with zero attached hydrogens (tertiary/aromatic N) is 3. The standard InChI is InChI=1S/C20H21N5O3S/c21-18(26)14-4-1-2-5-15(14)22-20(27)13-7-9-25(10-8-13)12-17-23-19(24-28-17)16-6-3-11-29-16/h1-6,11,13H,7-10,12H2,(H2,21,26)(H,22,27). The topological polar surface area (TPSA) is 114 Å². The molecular formula is C20H21N5O3S. The molecule has 3 heterocycles. The van der Waals surface area contributed by atoms with Crippen LogP contribution in [0.4, 0.5) is 5.69 Å². The zero-order valence-corrected chi connectivity index (χ0v) is 16.5. The van der Waals surface area contributed by atoms with Crippen molar-refractivity contribution in [2.45, 2.75) is 19.4 Å². The molecule has 0 aliphatic carbocycles. The van der Waals surface area contributed by atoms with Crippen LogP contribution >= 0.6 is 11.3 Å². The molecular weight excluding hydrogens is 390 g/mol. The summed E-state index contributed by atoms with van der Waals surface area (Å²) in [5.74, 6) is 0.425. The fourth-order valence-electron chi connectivity index (χ4n) is 3.41. The highest BCUT2D eigenvalue weighted by Gasteiger charge is 2.26. The average molecular weight is 411 g/mol. The number of nitrogens with one attached hydrogen (secondary N) is 1. The first-order valence-corrected chi connectivity index (χ1v) is 10.3. The van der Waals surface area contributed by atoms with Crippen molar-refractivity contribution in [2.24, 2.45) is 11.7 Å². The number of carbonyl (C=O) groups excluding carboxylic acids is 2. The molecule has 9 heteroatoms. The van der Waals surface area contributed by atoms with Gasteiger partial charge in [-0.05, 0) is 49.5 Å². The molecule has 0 atom stereocenters. The number of anilines is 1. The molecule has 150 valence electrons. The number of rotatable bonds is 6. The van der Waals surface area contributed by atoms with E-state index in [1.165, 1.54) is 0 Å². The van der Waals surface area contributed by atoms with Crippen LogP contribution in [0.1, 0.15) is 29.1 Å². The lowest BCUT2D eigenvalue weighted by atomic mass is 9.95. The van der Waals surface area contributed by atoms with Gasteiger partial charge in [-0.2, -0.15) is 4.98 Å². The number of piperidine rings is 1. The predicted octanol–water partition coefficient (Wildman–Crippen LogP) is 2.75. The first kappa shape index (κ1) is 19.3. The van der Waals surface area contributed by atoms with Gasteiger partial charge >= 0.3 is 0 Å². The van der Waals surface area contributed by atoms with Gasteiger partial charge in [0, 0.05) is 5.92 Å². The summed E-state index contributed by atoms with van der Waals surface area (Å²) < 4.78 is 5.36. The lowest BCUT2D eigenvalue weighted by Gasteiger charge is -2.30. The number of aromatic nitrogens is 2. The summed E-state index contributed by atoms with van der Waals surface area (Å²) in [6, 6.07) is 10.7. The molecule has 4 rings (SSSR count). The van der Waals surface area contributed by atoms with Crippen LogP contribution in [0.5, 0.6) is 0 Å². The highest BCUT2D eigenvalue weighted by molar-refractivity contribution is 7.13. The SMILES string of the molecule is NC(=O)c1ccccc1NC(=O)C1CCN(Cc2nc(-c3cccs3)no2)CC1. The van der Waals surface area contributed by atoms with E-state index in [9.17, 15) is 9.59 Å². The number of amides is 2. The van der Waals surface area contributed by atoms with E-state index in [0.29, 0.717) is 29.5 Å². The third kappa shape index (κ3) is 4.52. The first-order valence-electron chi connectivity index (χ1n) is 9.38. The third-order valence-corrected chi connectivity index (χ3v) is 5.84. The van der Waals surface area contributed by atoms with E-state index in [4.69, 9.17) is 10.3 Å². The number of likely N-dealkylation sites (tertiary alicyclic amines) is 1. The van der Waals surface area contributed by atoms with Crippen molar-refractivity contribution >= 4 is 28.8 Å². The molecule has 8 nitrogen and oxygen atoms in total. The molecule has 1 aromatic carbocycles. The van der Waals surface area contributed by atoms with E-state index in [1.54, 1.807) is 35.6 Å². The van der Waals surface area contributed by atoms with E-state index < -0.39 is 5.91 Å². The first-order chi connectivity index (χ1) is 14.1. The number of hydrogen-bond donors (Lipinski definition) is 2. The largest absolute Gasteiger partial charge is 0.366 e. The molecule has 0 bridgehead atoms. The second kappa shape index (κ2) is 8.54. The van der Waals surface area contributed by atoms with Gasteiger partial charge in [0.15, 0.2) is 0 Å². The van der Waals surface area contributed by atoms with Gasteiger partial charge < -0.3 is 15.6 Å². The number of para-hydroxylation sites is 1. The van der Waals surface area contributed by atoms with E-state index in [-0.39, 0.29) is 11.8 Å². The number of benzene rings is 1. The molecule has 1 saturated heterocycles. The summed E-state index contributed by atoms with van der Waals surface area (Å²) in [6.07, 6.45) is 1.44. The second-order valence-electron chi connectivity index (χ2n) is 6.94. The van der Waals surface area contributed by atoms with Crippen LogP contribution in [0.3, 0.4) is 0 Å². The van der Waals surface area contributed by atoms with Crippen molar-refractivity contribution in [1.29, 1.82) is 0 Å². The fourth-order valence-corrected chi connectivity index (χ4v) is 4.06. The summed E-state index contributed by atoms with van der Waals surface area (Å²) in [4.78, 5) is 31.8. The van der Waals surface area contributed by atoms with Crippen molar-refractivity contribution in [1.82, 2.24) is 15.0 Å². The summed E-state index contributed by atoms with van der Waals surface area (Å²) in [6.45, 7) is 2.08. The summed E-state index contributed by atoms with van der Waals surface area (Å²) in [5, 5.41) is 8.85. The van der Waals surface area contributed by atoms with Crippen molar-refractivity contribution in [3.63, 3.8) is 0 Å². The van der Waals surface area contributed by atoms with Crippen LogP contribution in [-0.2, 0) is 11.3 Å². The van der Waals surface area contributed by atoms with E-state index in [1.807, 2.05) is 17.5 Å². The normalized spacial score (nSPS) is 15.3. The highest BCUT2D eigenvalue weighted by atomic mass is 32.1. The Bertz CT molecular complexity index is 993. The van der Waals surface area contributed by atoms with Gasteiger partial charge in [0.1, 0.15) is 0 Å². The Kier molecular flexibility index (Phi) is 5.68. The maximum atomic E-state index is 12.6. The van der Waals surface area contributed by atoms with Crippen LogP contribution in [-0.4, -0.2) is 39.9 Å². The van der Waals surface area contributed by atoms with Gasteiger partial charge in [-0.3, -0.25) is 14.5 Å². The van der Waals surface area contributed by atoms with Gasteiger partial charge in [-0.25, -0.2) is 0 Å². The minimum atomic E-state index is -0.558.